The number of ether oxygens (including phenoxy) is 2. The van der Waals surface area contributed by atoms with Crippen LogP contribution in [0.15, 0.2) is 106 Å². The summed E-state index contributed by atoms with van der Waals surface area (Å²) in [5.74, 6) is 0.891. The number of fused-ring (bicyclic) bond motifs is 4. The summed E-state index contributed by atoms with van der Waals surface area (Å²) in [4.78, 5) is 32.5. The van der Waals surface area contributed by atoms with Crippen LogP contribution in [0, 0.1) is 27.7 Å². The van der Waals surface area contributed by atoms with Gasteiger partial charge in [-0.2, -0.15) is 0 Å². The second kappa shape index (κ2) is 23.7. The van der Waals surface area contributed by atoms with E-state index in [4.69, 9.17) is 32.6 Å². The average Bonchev–Trinajstić information content (AvgIpc) is 3.32. The van der Waals surface area contributed by atoms with E-state index in [-0.39, 0.29) is 11.9 Å². The molecule has 71 heavy (non-hydrogen) atoms. The van der Waals surface area contributed by atoms with Gasteiger partial charge in [0.2, 0.25) is 10.7 Å². The van der Waals surface area contributed by atoms with Gasteiger partial charge in [0.1, 0.15) is 35.8 Å². The zero-order valence-electron chi connectivity index (χ0n) is 42.0. The summed E-state index contributed by atoms with van der Waals surface area (Å²) in [5, 5.41) is 10.8. The Hall–Kier alpha value is -6.99. The van der Waals surface area contributed by atoms with E-state index < -0.39 is 16.7 Å². The predicted molar refractivity (Wildman–Crippen MR) is 266 cm³/mol. The third kappa shape index (κ3) is 12.5. The van der Waals surface area contributed by atoms with E-state index in [2.05, 4.69) is 125 Å². The Balaban J connectivity index is 0.000000212. The molecular weight excluding hydrogens is 1070 g/mol. The number of rotatable bonds is 12. The number of carbonyl (C=O) groups is 2. The number of benzene rings is 6. The van der Waals surface area contributed by atoms with Crippen LogP contribution in [0.1, 0.15) is 84.5 Å². The van der Waals surface area contributed by atoms with Crippen LogP contribution >= 0.6 is 0 Å². The van der Waals surface area contributed by atoms with Crippen LogP contribution in [0.4, 0.5) is 11.4 Å². The number of esters is 2. The monoisotopic (exact) mass is 1130 g/mol. The number of nitrogens with one attached hydrogen (secondary N) is 4. The molecule has 15 heteroatoms. The molecule has 0 fully saturated rings. The van der Waals surface area contributed by atoms with E-state index in [1.807, 2.05) is 62.4 Å². The molecule has 4 aliphatic rings. The summed E-state index contributed by atoms with van der Waals surface area (Å²) in [7, 11) is 0. The van der Waals surface area contributed by atoms with Crippen LogP contribution in [0.3, 0.4) is 0 Å². The molecule has 0 saturated heterocycles. The Morgan fingerprint density at radius 1 is 0.535 bits per heavy atom. The van der Waals surface area contributed by atoms with Crippen LogP contribution in [0.5, 0.6) is 0 Å². The normalized spacial score (nSPS) is 11.8. The van der Waals surface area contributed by atoms with Gasteiger partial charge in [0.25, 0.3) is 0 Å². The molecule has 14 nitrogen and oxygen atoms in total. The van der Waals surface area contributed by atoms with Gasteiger partial charge >= 0.3 is 43.0 Å². The van der Waals surface area contributed by atoms with Crippen LogP contribution < -0.4 is 38.9 Å². The summed E-state index contributed by atoms with van der Waals surface area (Å²) in [6.07, 6.45) is 0. The number of hydrogen-bond donors (Lipinski definition) is 4. The first-order valence-corrected chi connectivity index (χ1v) is 28.6. The van der Waals surface area contributed by atoms with Crippen molar-refractivity contribution >= 4 is 45.3 Å². The number of carbonyl (C=O) groups excluding carboxylic acids is 2. The van der Waals surface area contributed by atoms with Gasteiger partial charge in [-0.25, -0.2) is 19.6 Å². The molecule has 0 amide bonds. The fourth-order valence-corrected chi connectivity index (χ4v) is 8.68. The molecule has 0 unspecified atom stereocenters. The Morgan fingerprint density at radius 2 is 0.901 bits per heavy atom. The Morgan fingerprint density at radius 3 is 1.24 bits per heavy atom. The Bertz CT molecular complexity index is 3210. The quantitative estimate of drug-likeness (QED) is 0.0791. The van der Waals surface area contributed by atoms with Crippen molar-refractivity contribution in [3.05, 3.63) is 141 Å². The molecular formula is C56H62N4O10W. The fourth-order valence-electron chi connectivity index (χ4n) is 8.68. The first-order chi connectivity index (χ1) is 34.0. The first-order valence-electron chi connectivity index (χ1n) is 23.8. The van der Waals surface area contributed by atoms with Gasteiger partial charge in [0, 0.05) is 80.8 Å². The van der Waals surface area contributed by atoms with Crippen molar-refractivity contribution in [2.75, 3.05) is 50.0 Å². The van der Waals surface area contributed by atoms with Crippen molar-refractivity contribution in [3.8, 4) is 44.9 Å². The molecule has 372 valence electrons. The molecule has 4 aromatic carbocycles. The summed E-state index contributed by atoms with van der Waals surface area (Å²) >= 11 is -6.17. The fraction of sp³-hybridized carbons (Fsp3) is 0.286. The van der Waals surface area contributed by atoms with Gasteiger partial charge in [-0.05, 0) is 128 Å². The minimum absolute atomic E-state index is 0.322. The third-order valence-electron chi connectivity index (χ3n) is 11.7. The van der Waals surface area contributed by atoms with Crippen LogP contribution in [0.25, 0.3) is 66.8 Å². The molecule has 4 aromatic rings. The van der Waals surface area contributed by atoms with Gasteiger partial charge in [0.05, 0.1) is 36.5 Å². The number of hydrogen-bond acceptors (Lipinski definition) is 12. The van der Waals surface area contributed by atoms with Crippen LogP contribution in [0.2, 0.25) is 0 Å². The van der Waals surface area contributed by atoms with Gasteiger partial charge in [-0.3, -0.25) is 0 Å². The summed E-state index contributed by atoms with van der Waals surface area (Å²) in [6.45, 7) is 24.2. The van der Waals surface area contributed by atoms with E-state index in [1.54, 1.807) is 0 Å². The van der Waals surface area contributed by atoms with E-state index in [1.165, 1.54) is 0 Å². The van der Waals surface area contributed by atoms with E-state index in [0.29, 0.717) is 24.3 Å². The van der Waals surface area contributed by atoms with E-state index >= 15 is 0 Å². The van der Waals surface area contributed by atoms with E-state index in [9.17, 15) is 9.59 Å². The topological polar surface area (TPSA) is 211 Å². The second-order valence-electron chi connectivity index (χ2n) is 16.7. The van der Waals surface area contributed by atoms with Crippen molar-refractivity contribution in [1.82, 2.24) is 0 Å². The average molecular weight is 1130 g/mol. The standard InChI is InChI=1S/2C28H30N2O3.4O.W/c2*1-6-29-23-15-25-21(13-17(23)4)27(19-11-9-10-12-20(19)28(31)32-8-3)22-14-18(5)24(30-7-2)16-26(22)33-25;;;;;/h2*9-16,29H,6-8H2,1-5H3;;;;;/q;;;;2*-1;/p+2. The molecule has 4 N–H and O–H groups in total. The number of anilines is 2. The summed E-state index contributed by atoms with van der Waals surface area (Å²) in [5.41, 5.74) is 14.8. The van der Waals surface area contributed by atoms with Crippen molar-refractivity contribution < 1.29 is 68.9 Å². The van der Waals surface area contributed by atoms with Crippen molar-refractivity contribution in [1.29, 1.82) is 0 Å². The zero-order chi connectivity index (χ0) is 51.6. The first kappa shape index (κ1) is 53.4. The zero-order valence-corrected chi connectivity index (χ0v) is 44.9. The molecule has 0 spiro atoms. The third-order valence-corrected chi connectivity index (χ3v) is 11.7. The molecule has 0 radical (unpaired) electrons. The van der Waals surface area contributed by atoms with Gasteiger partial charge < -0.3 is 28.9 Å². The van der Waals surface area contributed by atoms with Gasteiger partial charge in [0.15, 0.2) is 0 Å². The number of aryl methyl sites for hydroxylation is 4. The maximum absolute atomic E-state index is 12.9. The molecule has 2 aliphatic heterocycles. The summed E-state index contributed by atoms with van der Waals surface area (Å²) < 4.78 is 58.2. The van der Waals surface area contributed by atoms with E-state index in [0.717, 1.165) is 137 Å². The Labute approximate surface area is 417 Å². The molecule has 8 rings (SSSR count). The molecule has 2 aliphatic carbocycles. The van der Waals surface area contributed by atoms with Crippen LogP contribution in [-0.4, -0.2) is 51.3 Å². The van der Waals surface area contributed by atoms with Crippen LogP contribution in [-0.2, 0) is 33.0 Å². The van der Waals surface area contributed by atoms with Crippen molar-refractivity contribution in [3.63, 3.8) is 0 Å². The van der Waals surface area contributed by atoms with Gasteiger partial charge in [-0.1, -0.05) is 36.4 Å². The van der Waals surface area contributed by atoms with Gasteiger partial charge in [-0.15, -0.1) is 0 Å². The SMILES string of the molecule is CCNc1cc2oc3cc(=[NH+]CC)c(C)cc-3c(-c3ccccc3C(=O)OCC)c2cc1C.CCNc1cc2oc3cc(=[NH+]CC)c(C)cc-3c(-c3ccccc3C(=O)OCC)c2cc1C.[O]=[W](=[O])([O-])[O-]. The van der Waals surface area contributed by atoms with Crippen molar-refractivity contribution in [2.45, 2.75) is 69.2 Å². The Kier molecular flexibility index (Phi) is 17.8. The molecule has 0 saturated carbocycles. The summed E-state index contributed by atoms with van der Waals surface area (Å²) in [6, 6.07) is 32.1. The minimum atomic E-state index is -6.17. The maximum atomic E-state index is 12.9. The van der Waals surface area contributed by atoms with Crippen molar-refractivity contribution in [2.24, 2.45) is 0 Å². The molecule has 0 aromatic heterocycles. The molecule has 0 bridgehead atoms. The second-order valence-corrected chi connectivity index (χ2v) is 19.6. The predicted octanol–water partition coefficient (Wildman–Crippen LogP) is 6.24. The molecule has 0 atom stereocenters. The molecule has 2 heterocycles.